The Balaban J connectivity index is 1.92. The van der Waals surface area contributed by atoms with Crippen molar-refractivity contribution >= 4 is 11.7 Å². The first kappa shape index (κ1) is 10.3. The molecule has 0 amide bonds. The second-order valence-corrected chi connectivity index (χ2v) is 4.18. The number of aliphatic imine (C=N–C) groups is 1. The van der Waals surface area contributed by atoms with E-state index in [0.717, 1.165) is 36.9 Å². The van der Waals surface area contributed by atoms with E-state index in [1.165, 1.54) is 12.1 Å². The SMILES string of the molecule is CN1N=C(c2ccc(F)cc2)CN2CCN=C21. The van der Waals surface area contributed by atoms with Gasteiger partial charge in [-0.05, 0) is 17.7 Å². The molecule has 0 saturated carbocycles. The summed E-state index contributed by atoms with van der Waals surface area (Å²) in [6, 6.07) is 6.46. The molecule has 0 aromatic heterocycles. The number of fused-ring (bicyclic) bond motifs is 1. The van der Waals surface area contributed by atoms with Crippen LogP contribution in [0.25, 0.3) is 0 Å². The van der Waals surface area contributed by atoms with E-state index >= 15 is 0 Å². The van der Waals surface area contributed by atoms with Crippen molar-refractivity contribution in [2.75, 3.05) is 26.7 Å². The van der Waals surface area contributed by atoms with Crippen LogP contribution in [0.3, 0.4) is 0 Å². The summed E-state index contributed by atoms with van der Waals surface area (Å²) in [5, 5.41) is 6.27. The van der Waals surface area contributed by atoms with Crippen LogP contribution in [0.15, 0.2) is 34.4 Å². The Kier molecular flexibility index (Phi) is 2.31. The quantitative estimate of drug-likeness (QED) is 0.727. The molecule has 0 spiro atoms. The fourth-order valence-electron chi connectivity index (χ4n) is 2.16. The second-order valence-electron chi connectivity index (χ2n) is 4.18. The molecule has 2 heterocycles. The van der Waals surface area contributed by atoms with Gasteiger partial charge < -0.3 is 4.90 Å². The molecule has 0 bridgehead atoms. The molecule has 3 rings (SSSR count). The van der Waals surface area contributed by atoms with Crippen molar-refractivity contribution in [2.45, 2.75) is 0 Å². The highest BCUT2D eigenvalue weighted by Crippen LogP contribution is 2.15. The molecule has 0 saturated heterocycles. The first-order chi connectivity index (χ1) is 8.24. The predicted octanol–water partition coefficient (Wildman–Crippen LogP) is 1.15. The van der Waals surface area contributed by atoms with Crippen LogP contribution in [0.2, 0.25) is 0 Å². The molecule has 4 nitrogen and oxygen atoms in total. The molecule has 17 heavy (non-hydrogen) atoms. The van der Waals surface area contributed by atoms with Crippen LogP contribution in [0, 0.1) is 5.82 Å². The molecule has 0 radical (unpaired) electrons. The zero-order valence-corrected chi connectivity index (χ0v) is 9.60. The maximum absolute atomic E-state index is 12.9. The third-order valence-electron chi connectivity index (χ3n) is 2.98. The lowest BCUT2D eigenvalue weighted by atomic mass is 10.1. The average Bonchev–Trinajstić information content (AvgIpc) is 2.78. The van der Waals surface area contributed by atoms with Crippen LogP contribution in [0.5, 0.6) is 0 Å². The summed E-state index contributed by atoms with van der Waals surface area (Å²) in [6.45, 7) is 2.50. The first-order valence-electron chi connectivity index (χ1n) is 5.60. The Labute approximate surface area is 99.1 Å². The zero-order chi connectivity index (χ0) is 11.8. The molecule has 0 atom stereocenters. The van der Waals surface area contributed by atoms with E-state index in [1.807, 2.05) is 7.05 Å². The largest absolute Gasteiger partial charge is 0.334 e. The molecule has 2 aliphatic rings. The van der Waals surface area contributed by atoms with Crippen molar-refractivity contribution in [2.24, 2.45) is 10.1 Å². The molecule has 0 fully saturated rings. The summed E-state index contributed by atoms with van der Waals surface area (Å²) in [4.78, 5) is 6.57. The number of halogens is 1. The zero-order valence-electron chi connectivity index (χ0n) is 9.60. The Bertz CT molecular complexity index is 492. The van der Waals surface area contributed by atoms with E-state index in [2.05, 4.69) is 15.0 Å². The number of hydrogen-bond acceptors (Lipinski definition) is 4. The van der Waals surface area contributed by atoms with E-state index in [1.54, 1.807) is 17.1 Å². The van der Waals surface area contributed by atoms with E-state index in [-0.39, 0.29) is 5.82 Å². The smallest absolute Gasteiger partial charge is 0.217 e. The van der Waals surface area contributed by atoms with Gasteiger partial charge in [0.15, 0.2) is 0 Å². The minimum atomic E-state index is -0.220. The Morgan fingerprint density at radius 2 is 2.00 bits per heavy atom. The molecular weight excluding hydrogens is 219 g/mol. The Hall–Kier alpha value is -1.91. The lowest BCUT2D eigenvalue weighted by molar-refractivity contribution is 0.393. The van der Waals surface area contributed by atoms with E-state index in [4.69, 9.17) is 0 Å². The summed E-state index contributed by atoms with van der Waals surface area (Å²) in [7, 11) is 1.89. The third kappa shape index (κ3) is 1.77. The van der Waals surface area contributed by atoms with Crippen LogP contribution in [-0.2, 0) is 0 Å². The molecule has 1 aromatic carbocycles. The van der Waals surface area contributed by atoms with Crippen molar-refractivity contribution in [1.29, 1.82) is 0 Å². The lowest BCUT2D eigenvalue weighted by Gasteiger charge is -2.30. The minimum Gasteiger partial charge on any atom is -0.334 e. The van der Waals surface area contributed by atoms with Gasteiger partial charge in [0.1, 0.15) is 5.82 Å². The highest BCUT2D eigenvalue weighted by atomic mass is 19.1. The van der Waals surface area contributed by atoms with Crippen LogP contribution in [0.4, 0.5) is 4.39 Å². The second kappa shape index (κ2) is 3.84. The third-order valence-corrected chi connectivity index (χ3v) is 2.98. The molecule has 1 aromatic rings. The lowest BCUT2D eigenvalue weighted by Crippen LogP contribution is -2.45. The molecule has 0 unspecified atom stereocenters. The monoisotopic (exact) mass is 232 g/mol. The number of benzene rings is 1. The normalized spacial score (nSPS) is 18.9. The number of guanidine groups is 1. The standard InChI is InChI=1S/C12H13FN4/c1-16-12-14-6-7-17(12)8-11(15-16)9-2-4-10(13)5-3-9/h2-5H,6-8H2,1H3. The predicted molar refractivity (Wildman–Crippen MR) is 64.6 cm³/mol. The minimum absolute atomic E-state index is 0.220. The number of nitrogens with zero attached hydrogens (tertiary/aromatic N) is 4. The van der Waals surface area contributed by atoms with Gasteiger partial charge in [-0.15, -0.1) is 0 Å². The average molecular weight is 232 g/mol. The summed E-state index contributed by atoms with van der Waals surface area (Å²) in [6.07, 6.45) is 0. The van der Waals surface area contributed by atoms with Gasteiger partial charge in [0.25, 0.3) is 0 Å². The van der Waals surface area contributed by atoms with Crippen molar-refractivity contribution < 1.29 is 4.39 Å². The van der Waals surface area contributed by atoms with Gasteiger partial charge in [0, 0.05) is 13.6 Å². The summed E-state index contributed by atoms with van der Waals surface area (Å²) >= 11 is 0. The topological polar surface area (TPSA) is 31.2 Å². The number of hydrogen-bond donors (Lipinski definition) is 0. The van der Waals surface area contributed by atoms with Gasteiger partial charge in [-0.1, -0.05) is 12.1 Å². The van der Waals surface area contributed by atoms with Gasteiger partial charge in [0.2, 0.25) is 5.96 Å². The highest BCUT2D eigenvalue weighted by molar-refractivity contribution is 6.05. The van der Waals surface area contributed by atoms with Crippen molar-refractivity contribution in [3.63, 3.8) is 0 Å². The van der Waals surface area contributed by atoms with Crippen LogP contribution in [0.1, 0.15) is 5.56 Å². The molecule has 0 aliphatic carbocycles. The molecule has 88 valence electrons. The van der Waals surface area contributed by atoms with Crippen molar-refractivity contribution in [1.82, 2.24) is 9.91 Å². The van der Waals surface area contributed by atoms with Crippen molar-refractivity contribution in [3.8, 4) is 0 Å². The van der Waals surface area contributed by atoms with Crippen LogP contribution >= 0.6 is 0 Å². The van der Waals surface area contributed by atoms with E-state index < -0.39 is 0 Å². The molecule has 2 aliphatic heterocycles. The van der Waals surface area contributed by atoms with Gasteiger partial charge in [0.05, 0.1) is 18.8 Å². The van der Waals surface area contributed by atoms with Crippen LogP contribution in [-0.4, -0.2) is 48.3 Å². The van der Waals surface area contributed by atoms with Crippen LogP contribution < -0.4 is 0 Å². The Morgan fingerprint density at radius 1 is 1.24 bits per heavy atom. The van der Waals surface area contributed by atoms with Gasteiger partial charge >= 0.3 is 0 Å². The number of rotatable bonds is 1. The molecule has 5 heteroatoms. The fourth-order valence-corrected chi connectivity index (χ4v) is 2.16. The first-order valence-corrected chi connectivity index (χ1v) is 5.60. The maximum Gasteiger partial charge on any atom is 0.217 e. The Morgan fingerprint density at radius 3 is 2.76 bits per heavy atom. The highest BCUT2D eigenvalue weighted by Gasteiger charge is 2.26. The fraction of sp³-hybridized carbons (Fsp3) is 0.333. The summed E-state index contributed by atoms with van der Waals surface area (Å²) < 4.78 is 12.9. The summed E-state index contributed by atoms with van der Waals surface area (Å²) in [5.41, 5.74) is 1.91. The van der Waals surface area contributed by atoms with Gasteiger partial charge in [-0.25, -0.2) is 14.4 Å². The molecule has 0 N–H and O–H groups in total. The van der Waals surface area contributed by atoms with E-state index in [9.17, 15) is 4.39 Å². The van der Waals surface area contributed by atoms with Gasteiger partial charge in [-0.3, -0.25) is 0 Å². The molecular formula is C12H13FN4. The van der Waals surface area contributed by atoms with Gasteiger partial charge in [-0.2, -0.15) is 5.10 Å². The maximum atomic E-state index is 12.9. The summed E-state index contributed by atoms with van der Waals surface area (Å²) in [5.74, 6) is 0.706. The number of hydrazone groups is 1. The van der Waals surface area contributed by atoms with Crippen molar-refractivity contribution in [3.05, 3.63) is 35.6 Å². The van der Waals surface area contributed by atoms with E-state index in [0.29, 0.717) is 0 Å².